The lowest BCUT2D eigenvalue weighted by Gasteiger charge is -2.24. The molecule has 4 nitrogen and oxygen atoms in total. The summed E-state index contributed by atoms with van der Waals surface area (Å²) in [7, 11) is 3.68. The van der Waals surface area contributed by atoms with Gasteiger partial charge in [-0.25, -0.2) is 0 Å². The average Bonchev–Trinajstić information content (AvgIpc) is 2.42. The van der Waals surface area contributed by atoms with Gasteiger partial charge in [-0.3, -0.25) is 4.90 Å². The topological polar surface area (TPSA) is 64.5 Å². The van der Waals surface area contributed by atoms with E-state index in [1.54, 1.807) is 7.11 Å². The van der Waals surface area contributed by atoms with Crippen molar-refractivity contribution in [1.82, 2.24) is 4.90 Å². The number of nitrogens with zero attached hydrogens (tertiary/aromatic N) is 1. The first kappa shape index (κ1) is 28.9. The maximum absolute atomic E-state index is 5.48. The van der Waals surface area contributed by atoms with Gasteiger partial charge in [-0.2, -0.15) is 0 Å². The first-order valence-corrected chi connectivity index (χ1v) is 8.40. The first-order chi connectivity index (χ1) is 9.64. The van der Waals surface area contributed by atoms with Crippen LogP contribution in [0.1, 0.15) is 69.2 Å². The van der Waals surface area contributed by atoms with Gasteiger partial charge in [0.2, 0.25) is 0 Å². The molecule has 0 fully saturated rings. The molecule has 0 aliphatic heterocycles. The number of methoxy groups -OCH3 is 1. The van der Waals surface area contributed by atoms with Crippen LogP contribution in [0.3, 0.4) is 0 Å². The molecule has 0 aromatic heterocycles. The minimum atomic E-state index is 0.0509. The third-order valence-electron chi connectivity index (χ3n) is 2.87. The summed E-state index contributed by atoms with van der Waals surface area (Å²) in [6.45, 7) is 20.6. The Labute approximate surface area is 135 Å². The van der Waals surface area contributed by atoms with Crippen molar-refractivity contribution in [3.05, 3.63) is 0 Å². The Bertz CT molecular complexity index is 155. The lowest BCUT2D eigenvalue weighted by atomic mass is 9.96. The Kier molecular flexibility index (Phi) is 27.3. The molecule has 0 saturated carbocycles. The van der Waals surface area contributed by atoms with E-state index in [9.17, 15) is 0 Å². The zero-order valence-corrected chi connectivity index (χ0v) is 16.9. The number of hydrogen-bond acceptors (Lipinski definition) is 4. The molecule has 0 spiro atoms. The molecule has 0 bridgehead atoms. The summed E-state index contributed by atoms with van der Waals surface area (Å²) in [6, 6.07) is 0. The van der Waals surface area contributed by atoms with Crippen LogP contribution in [0.15, 0.2) is 0 Å². The SMILES string of the molecule is CC.CC.CC(N)N(C)C(C)N.COC(C(C)C)C(C)C. The first-order valence-electron chi connectivity index (χ1n) is 8.40. The lowest BCUT2D eigenvalue weighted by Crippen LogP contribution is -2.46. The van der Waals surface area contributed by atoms with Gasteiger partial charge in [0.05, 0.1) is 18.4 Å². The van der Waals surface area contributed by atoms with Crippen LogP contribution in [0.4, 0.5) is 0 Å². The standard InChI is InChI=1S/C8H18O.C5H15N3.2C2H6/c1-6(2)8(9-5)7(3)4;1-4(6)8(3)5(2)7;2*1-2/h6-8H,1-5H3;4-5H,6-7H2,1-3H3;2*1-2H3. The molecule has 4 N–H and O–H groups in total. The van der Waals surface area contributed by atoms with Crippen LogP contribution in [0.5, 0.6) is 0 Å². The molecule has 0 aliphatic rings. The zero-order valence-electron chi connectivity index (χ0n) is 16.9. The van der Waals surface area contributed by atoms with Gasteiger partial charge in [0.1, 0.15) is 0 Å². The van der Waals surface area contributed by atoms with Gasteiger partial charge in [0, 0.05) is 7.11 Å². The van der Waals surface area contributed by atoms with Crippen LogP contribution in [0.25, 0.3) is 0 Å². The van der Waals surface area contributed by atoms with Gasteiger partial charge in [0.25, 0.3) is 0 Å². The van der Waals surface area contributed by atoms with Crippen LogP contribution < -0.4 is 11.5 Å². The maximum Gasteiger partial charge on any atom is 0.0617 e. The molecule has 0 aliphatic carbocycles. The number of hydrogen-bond donors (Lipinski definition) is 2. The molecule has 0 heterocycles. The molecule has 0 radical (unpaired) electrons. The van der Waals surface area contributed by atoms with Crippen molar-refractivity contribution < 1.29 is 4.74 Å². The van der Waals surface area contributed by atoms with Gasteiger partial charge in [-0.15, -0.1) is 0 Å². The summed E-state index contributed by atoms with van der Waals surface area (Å²) in [5, 5.41) is 0. The molecule has 2 unspecified atom stereocenters. The van der Waals surface area contributed by atoms with Crippen LogP contribution in [0.2, 0.25) is 0 Å². The van der Waals surface area contributed by atoms with Crippen molar-refractivity contribution in [1.29, 1.82) is 0 Å². The molecule has 21 heavy (non-hydrogen) atoms. The Morgan fingerprint density at radius 2 is 0.952 bits per heavy atom. The molecule has 0 rings (SSSR count). The summed E-state index contributed by atoms with van der Waals surface area (Å²) in [5.41, 5.74) is 11.0. The summed E-state index contributed by atoms with van der Waals surface area (Å²) < 4.78 is 5.27. The molecular formula is C17H45N3O. The Hall–Kier alpha value is -0.160. The Balaban J connectivity index is -0.000000111. The summed E-state index contributed by atoms with van der Waals surface area (Å²) in [5.74, 6) is 1.27. The highest BCUT2D eigenvalue weighted by Crippen LogP contribution is 2.14. The zero-order chi connectivity index (χ0) is 18.2. The summed E-state index contributed by atoms with van der Waals surface area (Å²) in [6.07, 6.45) is 0.523. The van der Waals surface area contributed by atoms with Gasteiger partial charge in [0.15, 0.2) is 0 Å². The van der Waals surface area contributed by atoms with Crippen LogP contribution in [0, 0.1) is 11.8 Å². The van der Waals surface area contributed by atoms with Gasteiger partial charge in [-0.1, -0.05) is 55.4 Å². The number of rotatable bonds is 5. The monoisotopic (exact) mass is 307 g/mol. The summed E-state index contributed by atoms with van der Waals surface area (Å²) in [4.78, 5) is 1.89. The molecule has 4 heteroatoms. The highest BCUT2D eigenvalue weighted by molar-refractivity contribution is 4.64. The van der Waals surface area contributed by atoms with Gasteiger partial charge >= 0.3 is 0 Å². The maximum atomic E-state index is 5.48. The third kappa shape index (κ3) is 19.8. The normalized spacial score (nSPS) is 12.9. The van der Waals surface area contributed by atoms with E-state index in [0.29, 0.717) is 17.9 Å². The number of ether oxygens (including phenoxy) is 1. The summed E-state index contributed by atoms with van der Waals surface area (Å²) >= 11 is 0. The molecule has 0 aromatic carbocycles. The van der Waals surface area contributed by atoms with Crippen molar-refractivity contribution in [3.63, 3.8) is 0 Å². The van der Waals surface area contributed by atoms with E-state index in [1.807, 2.05) is 53.5 Å². The van der Waals surface area contributed by atoms with Gasteiger partial charge < -0.3 is 16.2 Å². The van der Waals surface area contributed by atoms with E-state index in [1.165, 1.54) is 0 Å². The Morgan fingerprint density at radius 1 is 0.714 bits per heavy atom. The van der Waals surface area contributed by atoms with E-state index in [0.717, 1.165) is 0 Å². The second-order valence-corrected chi connectivity index (χ2v) is 5.34. The minimum absolute atomic E-state index is 0.0509. The molecule has 2 atom stereocenters. The molecule has 0 amide bonds. The van der Waals surface area contributed by atoms with Crippen LogP contribution in [-0.2, 0) is 4.74 Å². The van der Waals surface area contributed by atoms with Crippen molar-refractivity contribution in [3.8, 4) is 0 Å². The minimum Gasteiger partial charge on any atom is -0.381 e. The van der Waals surface area contributed by atoms with E-state index < -0.39 is 0 Å². The second-order valence-electron chi connectivity index (χ2n) is 5.34. The molecular weight excluding hydrogens is 262 g/mol. The second kappa shape index (κ2) is 19.8. The van der Waals surface area contributed by atoms with Crippen molar-refractivity contribution in [2.75, 3.05) is 14.2 Å². The largest absolute Gasteiger partial charge is 0.381 e. The number of nitrogens with two attached hydrogens (primary N) is 2. The quantitative estimate of drug-likeness (QED) is 0.756. The van der Waals surface area contributed by atoms with Gasteiger partial charge in [-0.05, 0) is 32.7 Å². The van der Waals surface area contributed by atoms with E-state index in [2.05, 4.69) is 27.7 Å². The van der Waals surface area contributed by atoms with Crippen molar-refractivity contribution >= 4 is 0 Å². The fourth-order valence-corrected chi connectivity index (χ4v) is 1.69. The lowest BCUT2D eigenvalue weighted by molar-refractivity contribution is 0.0292. The average molecular weight is 308 g/mol. The van der Waals surface area contributed by atoms with Crippen molar-refractivity contribution in [2.24, 2.45) is 23.3 Å². The van der Waals surface area contributed by atoms with E-state index >= 15 is 0 Å². The van der Waals surface area contributed by atoms with E-state index in [-0.39, 0.29) is 12.3 Å². The molecule has 0 saturated heterocycles. The van der Waals surface area contributed by atoms with E-state index in [4.69, 9.17) is 16.2 Å². The van der Waals surface area contributed by atoms with Crippen LogP contribution in [-0.4, -0.2) is 37.5 Å². The Morgan fingerprint density at radius 3 is 0.952 bits per heavy atom. The molecule has 0 aromatic rings. The highest BCUT2D eigenvalue weighted by atomic mass is 16.5. The van der Waals surface area contributed by atoms with Crippen molar-refractivity contribution in [2.45, 2.75) is 87.7 Å². The predicted octanol–water partition coefficient (Wildman–Crippen LogP) is 3.89. The van der Waals surface area contributed by atoms with Crippen LogP contribution >= 0.6 is 0 Å². The fourth-order valence-electron chi connectivity index (χ4n) is 1.69. The third-order valence-corrected chi connectivity index (χ3v) is 2.87. The molecule has 134 valence electrons. The predicted molar refractivity (Wildman–Crippen MR) is 98.2 cm³/mol. The fraction of sp³-hybridized carbons (Fsp3) is 1.00. The highest BCUT2D eigenvalue weighted by Gasteiger charge is 2.15. The smallest absolute Gasteiger partial charge is 0.0617 e.